The Kier molecular flexibility index (Phi) is 4.86. The molecule has 0 radical (unpaired) electrons. The maximum absolute atomic E-state index is 12.6. The van der Waals surface area contributed by atoms with Crippen LogP contribution in [-0.2, 0) is 16.2 Å². The van der Waals surface area contributed by atoms with Gasteiger partial charge in [-0.3, -0.25) is 4.72 Å². The van der Waals surface area contributed by atoms with E-state index >= 15 is 0 Å². The molecular weight excluding hydrogens is 291 g/mol. The molecule has 102 valence electrons. The van der Waals surface area contributed by atoms with Crippen molar-refractivity contribution >= 4 is 27.3 Å². The molecule has 0 heterocycles. The fourth-order valence-corrected chi connectivity index (χ4v) is 2.71. The van der Waals surface area contributed by atoms with Gasteiger partial charge in [0, 0.05) is 5.88 Å². The van der Waals surface area contributed by atoms with Crippen molar-refractivity contribution in [3.63, 3.8) is 0 Å². The summed E-state index contributed by atoms with van der Waals surface area (Å²) in [4.78, 5) is 0. The van der Waals surface area contributed by atoms with Crippen molar-refractivity contribution in [1.82, 2.24) is 0 Å². The number of benzene rings is 1. The maximum atomic E-state index is 12.6. The van der Waals surface area contributed by atoms with E-state index < -0.39 is 27.5 Å². The fraction of sp³-hybridized carbons (Fsp3) is 0.400. The molecule has 0 aromatic heterocycles. The summed E-state index contributed by atoms with van der Waals surface area (Å²) in [5.41, 5.74) is -1.49. The van der Waals surface area contributed by atoms with Crippen LogP contribution in [0.1, 0.15) is 12.0 Å². The van der Waals surface area contributed by atoms with Gasteiger partial charge in [0.25, 0.3) is 0 Å². The number of rotatable bonds is 5. The van der Waals surface area contributed by atoms with Gasteiger partial charge in [-0.1, -0.05) is 12.1 Å². The van der Waals surface area contributed by atoms with Crippen LogP contribution >= 0.6 is 11.6 Å². The Morgan fingerprint density at radius 3 is 2.39 bits per heavy atom. The minimum atomic E-state index is -4.61. The minimum absolute atomic E-state index is 0.127. The summed E-state index contributed by atoms with van der Waals surface area (Å²) in [6, 6.07) is 4.41. The first-order valence-corrected chi connectivity index (χ1v) is 7.17. The molecule has 0 aliphatic heterocycles. The second-order valence-electron chi connectivity index (χ2n) is 3.51. The molecular formula is C10H11ClF3NO2S. The van der Waals surface area contributed by atoms with Crippen LogP contribution in [0.4, 0.5) is 18.9 Å². The smallest absolute Gasteiger partial charge is 0.283 e. The lowest BCUT2D eigenvalue weighted by atomic mass is 10.2. The molecule has 0 spiro atoms. The molecule has 0 amide bonds. The highest BCUT2D eigenvalue weighted by Gasteiger charge is 2.34. The van der Waals surface area contributed by atoms with Crippen molar-refractivity contribution in [3.05, 3.63) is 29.8 Å². The van der Waals surface area contributed by atoms with Gasteiger partial charge in [0.1, 0.15) is 0 Å². The number of anilines is 1. The molecule has 0 atom stereocenters. The topological polar surface area (TPSA) is 46.2 Å². The fourth-order valence-electron chi connectivity index (χ4n) is 1.28. The monoisotopic (exact) mass is 301 g/mol. The lowest BCUT2D eigenvalue weighted by Gasteiger charge is -2.14. The number of hydrogen-bond acceptors (Lipinski definition) is 2. The first-order valence-electron chi connectivity index (χ1n) is 4.99. The zero-order valence-corrected chi connectivity index (χ0v) is 10.7. The van der Waals surface area contributed by atoms with Gasteiger partial charge < -0.3 is 0 Å². The molecule has 1 aromatic carbocycles. The van der Waals surface area contributed by atoms with Gasteiger partial charge in [0.05, 0.1) is 17.0 Å². The predicted molar refractivity (Wildman–Crippen MR) is 64.2 cm³/mol. The Morgan fingerprint density at radius 1 is 1.22 bits per heavy atom. The molecule has 1 N–H and O–H groups in total. The zero-order valence-electron chi connectivity index (χ0n) is 9.17. The quantitative estimate of drug-likeness (QED) is 0.850. The van der Waals surface area contributed by atoms with Crippen molar-refractivity contribution in [2.45, 2.75) is 12.6 Å². The van der Waals surface area contributed by atoms with Gasteiger partial charge in [-0.2, -0.15) is 13.2 Å². The normalized spacial score (nSPS) is 12.4. The van der Waals surface area contributed by atoms with Crippen molar-refractivity contribution in [1.29, 1.82) is 0 Å². The molecule has 0 fully saturated rings. The molecule has 0 unspecified atom stereocenters. The van der Waals surface area contributed by atoms with Crippen LogP contribution < -0.4 is 4.72 Å². The minimum Gasteiger partial charge on any atom is -0.283 e. The SMILES string of the molecule is O=S(=O)(CCCCl)Nc1ccccc1C(F)(F)F. The molecule has 0 aliphatic rings. The third-order valence-electron chi connectivity index (χ3n) is 2.04. The van der Waals surface area contributed by atoms with E-state index in [4.69, 9.17) is 11.6 Å². The highest BCUT2D eigenvalue weighted by Crippen LogP contribution is 2.34. The van der Waals surface area contributed by atoms with Gasteiger partial charge >= 0.3 is 6.18 Å². The van der Waals surface area contributed by atoms with Crippen LogP contribution in [0.5, 0.6) is 0 Å². The van der Waals surface area contributed by atoms with Crippen LogP contribution in [-0.4, -0.2) is 20.1 Å². The van der Waals surface area contributed by atoms with Crippen molar-refractivity contribution in [2.24, 2.45) is 0 Å². The van der Waals surface area contributed by atoms with E-state index in [1.165, 1.54) is 12.1 Å². The average molecular weight is 302 g/mol. The Bertz CT molecular complexity index is 502. The summed E-state index contributed by atoms with van der Waals surface area (Å²) in [7, 11) is -3.81. The largest absolute Gasteiger partial charge is 0.418 e. The summed E-state index contributed by atoms with van der Waals surface area (Å²) >= 11 is 5.34. The van der Waals surface area contributed by atoms with Crippen LogP contribution in [0.2, 0.25) is 0 Å². The molecule has 0 aliphatic carbocycles. The molecule has 0 saturated heterocycles. The Morgan fingerprint density at radius 2 is 1.83 bits per heavy atom. The average Bonchev–Trinajstić information content (AvgIpc) is 2.25. The standard InChI is InChI=1S/C10H11ClF3NO2S/c11-6-3-7-18(16,17)15-9-5-2-1-4-8(9)10(12,13)14/h1-2,4-5,15H,3,6-7H2. The van der Waals surface area contributed by atoms with Gasteiger partial charge in [0.15, 0.2) is 0 Å². The zero-order chi connectivity index (χ0) is 13.8. The maximum Gasteiger partial charge on any atom is 0.418 e. The molecule has 0 saturated carbocycles. The second kappa shape index (κ2) is 5.79. The van der Waals surface area contributed by atoms with Gasteiger partial charge in [-0.15, -0.1) is 11.6 Å². The third-order valence-corrected chi connectivity index (χ3v) is 3.67. The third kappa shape index (κ3) is 4.38. The van der Waals surface area contributed by atoms with E-state index in [0.717, 1.165) is 12.1 Å². The van der Waals surface area contributed by atoms with Gasteiger partial charge in [0.2, 0.25) is 10.0 Å². The molecule has 1 rings (SSSR count). The number of hydrogen-bond donors (Lipinski definition) is 1. The van der Waals surface area contributed by atoms with Gasteiger partial charge in [-0.25, -0.2) is 8.42 Å². The summed E-state index contributed by atoms with van der Waals surface area (Å²) in [5.74, 6) is -0.190. The number of para-hydroxylation sites is 1. The highest BCUT2D eigenvalue weighted by molar-refractivity contribution is 7.92. The summed E-state index contributed by atoms with van der Waals surface area (Å²) < 4.78 is 62.8. The van der Waals surface area contributed by atoms with E-state index in [0.29, 0.717) is 0 Å². The van der Waals surface area contributed by atoms with Crippen LogP contribution in [0.25, 0.3) is 0 Å². The van der Waals surface area contributed by atoms with Crippen molar-refractivity contribution in [3.8, 4) is 0 Å². The predicted octanol–water partition coefficient (Wildman–Crippen LogP) is 3.08. The van der Waals surface area contributed by atoms with Crippen LogP contribution in [0.15, 0.2) is 24.3 Å². The van der Waals surface area contributed by atoms with Crippen LogP contribution in [0.3, 0.4) is 0 Å². The summed E-state index contributed by atoms with van der Waals surface area (Å²) in [5, 5.41) is 0. The number of alkyl halides is 4. The lowest BCUT2D eigenvalue weighted by Crippen LogP contribution is -2.19. The first-order chi connectivity index (χ1) is 8.26. The lowest BCUT2D eigenvalue weighted by molar-refractivity contribution is -0.136. The molecule has 0 bridgehead atoms. The molecule has 8 heteroatoms. The van der Waals surface area contributed by atoms with E-state index in [1.807, 2.05) is 4.72 Å². The summed E-state index contributed by atoms with van der Waals surface area (Å²) in [6.45, 7) is 0. The molecule has 18 heavy (non-hydrogen) atoms. The first kappa shape index (κ1) is 15.1. The van der Waals surface area contributed by atoms with E-state index in [2.05, 4.69) is 0 Å². The van der Waals surface area contributed by atoms with E-state index in [-0.39, 0.29) is 18.1 Å². The number of sulfonamides is 1. The Hall–Kier alpha value is -0.950. The van der Waals surface area contributed by atoms with Crippen molar-refractivity contribution < 1.29 is 21.6 Å². The number of nitrogens with one attached hydrogen (secondary N) is 1. The van der Waals surface area contributed by atoms with Crippen LogP contribution in [0, 0.1) is 0 Å². The van der Waals surface area contributed by atoms with Crippen molar-refractivity contribution in [2.75, 3.05) is 16.4 Å². The summed E-state index contributed by atoms with van der Waals surface area (Å²) in [6.07, 6.45) is -4.43. The molecule has 3 nitrogen and oxygen atoms in total. The Labute approximate surface area is 108 Å². The highest BCUT2D eigenvalue weighted by atomic mass is 35.5. The van der Waals surface area contributed by atoms with Gasteiger partial charge in [-0.05, 0) is 18.6 Å². The van der Waals surface area contributed by atoms with E-state index in [1.54, 1.807) is 0 Å². The Balaban J connectivity index is 2.98. The van der Waals surface area contributed by atoms with E-state index in [9.17, 15) is 21.6 Å². The number of halogens is 4. The molecule has 1 aromatic rings. The second-order valence-corrected chi connectivity index (χ2v) is 5.73.